The summed E-state index contributed by atoms with van der Waals surface area (Å²) in [6.07, 6.45) is 0. The number of quaternary nitrogens is 1. The fraction of sp³-hybridized carbons (Fsp3) is 0.375. The van der Waals surface area contributed by atoms with Gasteiger partial charge in [-0.1, -0.05) is 15.9 Å². The minimum Gasteiger partial charge on any atom is -0.422 e. The molecule has 1 saturated heterocycles. The third-order valence-corrected chi connectivity index (χ3v) is 4.64. The maximum Gasteiger partial charge on any atom is 0.349 e. The highest BCUT2D eigenvalue weighted by Gasteiger charge is 2.26. The summed E-state index contributed by atoms with van der Waals surface area (Å²) in [4.78, 5) is 27.7. The first-order chi connectivity index (χ1) is 11.1. The van der Waals surface area contributed by atoms with E-state index in [0.717, 1.165) is 17.6 Å². The van der Waals surface area contributed by atoms with Gasteiger partial charge in [-0.05, 0) is 24.3 Å². The van der Waals surface area contributed by atoms with Gasteiger partial charge in [-0.2, -0.15) is 0 Å². The molecule has 0 aliphatic carbocycles. The predicted molar refractivity (Wildman–Crippen MR) is 88.7 cm³/mol. The van der Waals surface area contributed by atoms with Crippen molar-refractivity contribution in [3.05, 3.63) is 44.7 Å². The van der Waals surface area contributed by atoms with Gasteiger partial charge in [-0.15, -0.1) is 0 Å². The highest BCUT2D eigenvalue weighted by molar-refractivity contribution is 9.10. The van der Waals surface area contributed by atoms with Crippen LogP contribution in [0, 0.1) is 0 Å². The second-order valence-electron chi connectivity index (χ2n) is 5.65. The molecule has 1 aromatic heterocycles. The van der Waals surface area contributed by atoms with Crippen LogP contribution in [0.15, 0.2) is 37.9 Å². The van der Waals surface area contributed by atoms with Gasteiger partial charge in [0.05, 0.1) is 32.8 Å². The second kappa shape index (κ2) is 6.82. The lowest BCUT2D eigenvalue weighted by molar-refractivity contribution is -0.904. The number of fused-ring (bicyclic) bond motifs is 1. The summed E-state index contributed by atoms with van der Waals surface area (Å²) in [6.45, 7) is 3.53. The van der Waals surface area contributed by atoms with Crippen LogP contribution in [0.1, 0.15) is 10.4 Å². The molecule has 1 aliphatic heterocycles. The van der Waals surface area contributed by atoms with Crippen molar-refractivity contribution >= 4 is 32.8 Å². The van der Waals surface area contributed by atoms with E-state index in [2.05, 4.69) is 15.9 Å². The average molecular weight is 382 g/mol. The number of amides is 1. The van der Waals surface area contributed by atoms with Crippen LogP contribution in [0.25, 0.3) is 11.0 Å². The molecule has 0 bridgehead atoms. The van der Waals surface area contributed by atoms with E-state index in [-0.39, 0.29) is 18.1 Å². The molecule has 0 spiro atoms. The van der Waals surface area contributed by atoms with Gasteiger partial charge in [-0.25, -0.2) is 4.79 Å². The van der Waals surface area contributed by atoms with Crippen molar-refractivity contribution < 1.29 is 19.2 Å². The molecule has 2 heterocycles. The van der Waals surface area contributed by atoms with Gasteiger partial charge in [0.1, 0.15) is 17.7 Å². The number of benzene rings is 1. The first-order valence-corrected chi connectivity index (χ1v) is 8.35. The smallest absolute Gasteiger partial charge is 0.349 e. The third kappa shape index (κ3) is 3.46. The van der Waals surface area contributed by atoms with E-state index in [1.807, 2.05) is 6.07 Å². The lowest BCUT2D eigenvalue weighted by Gasteiger charge is -2.31. The van der Waals surface area contributed by atoms with Gasteiger partial charge < -0.3 is 19.3 Å². The zero-order valence-electron chi connectivity index (χ0n) is 12.5. The van der Waals surface area contributed by atoms with Crippen LogP contribution < -0.4 is 10.5 Å². The SMILES string of the molecule is O=C(c1cc2cc(Br)ccc2oc1=O)N1CC[NH+](CCO)CC1. The molecule has 3 rings (SSSR count). The van der Waals surface area contributed by atoms with Crippen molar-refractivity contribution in [3.8, 4) is 0 Å². The Morgan fingerprint density at radius 1 is 1.30 bits per heavy atom. The zero-order chi connectivity index (χ0) is 16.4. The first-order valence-electron chi connectivity index (χ1n) is 7.55. The standard InChI is InChI=1S/C16H17BrN2O4/c17-12-1-2-14-11(9-12)10-13(16(22)23-14)15(21)19-5-3-18(4-6-19)7-8-20/h1-2,9-10,20H,3-8H2/p+1. The van der Waals surface area contributed by atoms with Crippen molar-refractivity contribution in [2.24, 2.45) is 0 Å². The Kier molecular flexibility index (Phi) is 4.79. The van der Waals surface area contributed by atoms with Crippen LogP contribution in [-0.2, 0) is 0 Å². The normalized spacial score (nSPS) is 16.0. The summed E-state index contributed by atoms with van der Waals surface area (Å²) >= 11 is 3.37. The minimum atomic E-state index is -0.602. The summed E-state index contributed by atoms with van der Waals surface area (Å²) in [5.74, 6) is -0.288. The van der Waals surface area contributed by atoms with E-state index in [1.165, 1.54) is 4.90 Å². The van der Waals surface area contributed by atoms with E-state index >= 15 is 0 Å². The van der Waals surface area contributed by atoms with Gasteiger partial charge in [0.25, 0.3) is 5.91 Å². The second-order valence-corrected chi connectivity index (χ2v) is 6.56. The third-order valence-electron chi connectivity index (χ3n) is 4.15. The zero-order valence-corrected chi connectivity index (χ0v) is 14.1. The van der Waals surface area contributed by atoms with E-state index in [9.17, 15) is 9.59 Å². The summed E-state index contributed by atoms with van der Waals surface area (Å²) < 4.78 is 6.12. The van der Waals surface area contributed by atoms with Crippen molar-refractivity contribution in [3.63, 3.8) is 0 Å². The van der Waals surface area contributed by atoms with E-state index in [0.29, 0.717) is 30.6 Å². The molecular formula is C16H18BrN2O4+. The summed E-state index contributed by atoms with van der Waals surface area (Å²) in [6, 6.07) is 6.90. The molecule has 7 heteroatoms. The van der Waals surface area contributed by atoms with Crippen LogP contribution >= 0.6 is 15.9 Å². The molecule has 1 fully saturated rings. The minimum absolute atomic E-state index is 0.0706. The Balaban J connectivity index is 1.84. The number of rotatable bonds is 3. The Morgan fingerprint density at radius 2 is 2.04 bits per heavy atom. The Morgan fingerprint density at radius 3 is 2.74 bits per heavy atom. The maximum absolute atomic E-state index is 12.6. The van der Waals surface area contributed by atoms with Gasteiger partial charge in [0.2, 0.25) is 0 Å². The average Bonchev–Trinajstić information content (AvgIpc) is 2.55. The topological polar surface area (TPSA) is 75.2 Å². The molecule has 0 radical (unpaired) electrons. The molecule has 0 unspecified atom stereocenters. The number of nitrogens with one attached hydrogen (secondary N) is 1. The quantitative estimate of drug-likeness (QED) is 0.727. The number of piperazine rings is 1. The number of hydrogen-bond acceptors (Lipinski definition) is 4. The van der Waals surface area contributed by atoms with Crippen LogP contribution in [0.4, 0.5) is 0 Å². The first kappa shape index (κ1) is 16.2. The fourth-order valence-electron chi connectivity index (χ4n) is 2.85. The molecule has 2 N–H and O–H groups in total. The molecule has 1 aliphatic rings. The van der Waals surface area contributed by atoms with E-state index < -0.39 is 5.63 Å². The Hall–Kier alpha value is -1.70. The Labute approximate surface area is 141 Å². The lowest BCUT2D eigenvalue weighted by atomic mass is 10.1. The van der Waals surface area contributed by atoms with Crippen molar-refractivity contribution in [2.75, 3.05) is 39.3 Å². The number of hydrogen-bond donors (Lipinski definition) is 2. The van der Waals surface area contributed by atoms with Gasteiger partial charge >= 0.3 is 5.63 Å². The number of aliphatic hydroxyl groups is 1. The Bertz CT molecular complexity index is 781. The number of nitrogens with zero attached hydrogens (tertiary/aromatic N) is 1. The lowest BCUT2D eigenvalue weighted by Crippen LogP contribution is -3.15. The fourth-order valence-corrected chi connectivity index (χ4v) is 3.23. The van der Waals surface area contributed by atoms with Crippen LogP contribution in [0.2, 0.25) is 0 Å². The number of aliphatic hydroxyl groups excluding tert-OH is 1. The number of carbonyl (C=O) groups is 1. The molecular weight excluding hydrogens is 364 g/mol. The van der Waals surface area contributed by atoms with Crippen LogP contribution in [-0.4, -0.2) is 55.2 Å². The summed E-state index contributed by atoms with van der Waals surface area (Å²) in [5.41, 5.74) is -0.0666. The number of halogens is 1. The van der Waals surface area contributed by atoms with E-state index in [1.54, 1.807) is 23.1 Å². The van der Waals surface area contributed by atoms with Crippen LogP contribution in [0.5, 0.6) is 0 Å². The monoisotopic (exact) mass is 381 g/mol. The predicted octanol–water partition coefficient (Wildman–Crippen LogP) is -0.111. The molecule has 0 atom stereocenters. The molecule has 122 valence electrons. The highest BCUT2D eigenvalue weighted by atomic mass is 79.9. The van der Waals surface area contributed by atoms with Crippen LogP contribution in [0.3, 0.4) is 0 Å². The largest absolute Gasteiger partial charge is 0.422 e. The molecule has 23 heavy (non-hydrogen) atoms. The van der Waals surface area contributed by atoms with Gasteiger partial charge in [0.15, 0.2) is 0 Å². The molecule has 2 aromatic rings. The maximum atomic E-state index is 12.6. The van der Waals surface area contributed by atoms with E-state index in [4.69, 9.17) is 9.52 Å². The molecule has 1 amide bonds. The summed E-state index contributed by atoms with van der Waals surface area (Å²) in [7, 11) is 0. The molecule has 6 nitrogen and oxygen atoms in total. The van der Waals surface area contributed by atoms with Crippen molar-refractivity contribution in [2.45, 2.75) is 0 Å². The van der Waals surface area contributed by atoms with Gasteiger partial charge in [-0.3, -0.25) is 4.79 Å². The molecule has 0 saturated carbocycles. The molecule has 1 aromatic carbocycles. The number of carbonyl (C=O) groups excluding carboxylic acids is 1. The van der Waals surface area contributed by atoms with Crippen molar-refractivity contribution in [1.29, 1.82) is 0 Å². The summed E-state index contributed by atoms with van der Waals surface area (Å²) in [5, 5.41) is 9.69. The van der Waals surface area contributed by atoms with Gasteiger partial charge in [0, 0.05) is 9.86 Å². The van der Waals surface area contributed by atoms with Crippen molar-refractivity contribution in [1.82, 2.24) is 4.90 Å². The highest BCUT2D eigenvalue weighted by Crippen LogP contribution is 2.19.